The lowest BCUT2D eigenvalue weighted by atomic mass is 9.55. The molecule has 2 aliphatic carbocycles. The Morgan fingerprint density at radius 2 is 1.00 bits per heavy atom. The van der Waals surface area contributed by atoms with Crippen LogP contribution in [0, 0.1) is 6.92 Å². The van der Waals surface area contributed by atoms with Crippen molar-refractivity contribution in [2.24, 2.45) is 0 Å². The Labute approximate surface area is 253 Å². The van der Waals surface area contributed by atoms with Crippen molar-refractivity contribution >= 4 is 21.5 Å². The predicted octanol–water partition coefficient (Wildman–Crippen LogP) is 11.0. The minimum Gasteiger partial charge on any atom is -0.0619 e. The molecule has 0 fully saturated rings. The maximum atomic E-state index is 2.48. The smallest absolute Gasteiger partial charge is 0.0619 e. The van der Waals surface area contributed by atoms with E-state index in [1.807, 2.05) is 0 Å². The van der Waals surface area contributed by atoms with Gasteiger partial charge in [0, 0.05) is 5.41 Å². The molecule has 0 nitrogen and oxygen atoms in total. The average Bonchev–Trinajstić information content (AvgIpc) is 3.35. The normalized spacial score (nSPS) is 15.2. The molecule has 0 aromatic heterocycles. The summed E-state index contributed by atoms with van der Waals surface area (Å²) in [5.74, 6) is 0. The van der Waals surface area contributed by atoms with E-state index in [0.29, 0.717) is 0 Å². The summed E-state index contributed by atoms with van der Waals surface area (Å²) in [6.07, 6.45) is 0. The minimum atomic E-state index is -0.358. The van der Waals surface area contributed by atoms with Crippen LogP contribution in [0.4, 0.5) is 0 Å². The lowest BCUT2D eigenvalue weighted by Crippen LogP contribution is -2.40. The molecule has 0 saturated carbocycles. The van der Waals surface area contributed by atoms with Crippen LogP contribution >= 0.6 is 0 Å². The summed E-state index contributed by atoms with van der Waals surface area (Å²) in [5, 5.41) is 5.19. The number of benzene rings is 7. The molecule has 0 unspecified atom stereocenters. The number of hydrogen-bond donors (Lipinski definition) is 0. The molecule has 204 valence electrons. The topological polar surface area (TPSA) is 0 Å². The molecule has 0 amide bonds. The maximum Gasteiger partial charge on any atom is 0.0719 e. The zero-order valence-corrected chi connectivity index (χ0v) is 24.8. The van der Waals surface area contributed by atoms with Gasteiger partial charge in [0.15, 0.2) is 0 Å². The van der Waals surface area contributed by atoms with Crippen LogP contribution < -0.4 is 0 Å². The first kappa shape index (κ1) is 24.6. The van der Waals surface area contributed by atoms with Crippen LogP contribution in [0.5, 0.6) is 0 Å². The van der Waals surface area contributed by atoms with Crippen molar-refractivity contribution in [2.75, 3.05) is 0 Å². The van der Waals surface area contributed by atoms with E-state index < -0.39 is 0 Å². The van der Waals surface area contributed by atoms with Crippen molar-refractivity contribution in [1.29, 1.82) is 0 Å². The average molecular weight is 549 g/mol. The third kappa shape index (κ3) is 3.06. The highest BCUT2D eigenvalue weighted by atomic mass is 14.5. The zero-order valence-electron chi connectivity index (χ0n) is 24.8. The second-order valence-electron chi connectivity index (χ2n) is 12.9. The molecule has 43 heavy (non-hydrogen) atoms. The van der Waals surface area contributed by atoms with Crippen molar-refractivity contribution in [1.82, 2.24) is 0 Å². The number of rotatable bonds is 1. The molecule has 7 aromatic carbocycles. The van der Waals surface area contributed by atoms with Gasteiger partial charge < -0.3 is 0 Å². The number of aryl methyl sites for hydroxylation is 1. The fraction of sp³-hybridized carbons (Fsp3) is 0.116. The molecule has 0 bridgehead atoms. The van der Waals surface area contributed by atoms with Crippen LogP contribution in [0.1, 0.15) is 52.8 Å². The molecule has 2 aliphatic rings. The third-order valence-corrected chi connectivity index (χ3v) is 10.5. The Morgan fingerprint density at radius 1 is 0.419 bits per heavy atom. The van der Waals surface area contributed by atoms with E-state index in [0.717, 1.165) is 0 Å². The van der Waals surface area contributed by atoms with Crippen LogP contribution in [0.2, 0.25) is 0 Å². The summed E-state index contributed by atoms with van der Waals surface area (Å²) in [4.78, 5) is 0. The van der Waals surface area contributed by atoms with Crippen LogP contribution in [0.25, 0.3) is 43.8 Å². The van der Waals surface area contributed by atoms with Crippen molar-refractivity contribution in [3.8, 4) is 22.3 Å². The third-order valence-electron chi connectivity index (χ3n) is 10.5. The van der Waals surface area contributed by atoms with Gasteiger partial charge in [0.25, 0.3) is 0 Å². The molecular formula is C43H32. The lowest BCUT2D eigenvalue weighted by molar-refractivity contribution is 0.563. The quantitative estimate of drug-likeness (QED) is 0.179. The van der Waals surface area contributed by atoms with Crippen LogP contribution in [0.15, 0.2) is 140 Å². The van der Waals surface area contributed by atoms with E-state index in [1.165, 1.54) is 82.7 Å². The van der Waals surface area contributed by atoms with Gasteiger partial charge in [-0.25, -0.2) is 0 Å². The van der Waals surface area contributed by atoms with Crippen molar-refractivity contribution < 1.29 is 0 Å². The molecule has 1 spiro atoms. The Balaban J connectivity index is 1.41. The molecule has 9 rings (SSSR count). The van der Waals surface area contributed by atoms with Gasteiger partial charge in [0.05, 0.1) is 5.41 Å². The van der Waals surface area contributed by atoms with Gasteiger partial charge in [-0.1, -0.05) is 141 Å². The SMILES string of the molecule is Cc1cccc2c1-c1cc(-c3cc4ccccc4c4ccccc34)ccc1C21c2ccccc2C(C)(C)c2ccccc21. The van der Waals surface area contributed by atoms with Crippen LogP contribution in [-0.4, -0.2) is 0 Å². The Morgan fingerprint density at radius 3 is 1.72 bits per heavy atom. The highest BCUT2D eigenvalue weighted by molar-refractivity contribution is 6.14. The summed E-state index contributed by atoms with van der Waals surface area (Å²) < 4.78 is 0. The molecule has 0 aliphatic heterocycles. The van der Waals surface area contributed by atoms with Crippen molar-refractivity contribution in [3.63, 3.8) is 0 Å². The molecule has 0 atom stereocenters. The largest absolute Gasteiger partial charge is 0.0719 e. The van der Waals surface area contributed by atoms with Crippen LogP contribution in [0.3, 0.4) is 0 Å². The van der Waals surface area contributed by atoms with E-state index in [9.17, 15) is 0 Å². The second-order valence-corrected chi connectivity index (χ2v) is 12.9. The molecule has 7 aromatic rings. The Hall–Kier alpha value is -4.94. The van der Waals surface area contributed by atoms with E-state index in [-0.39, 0.29) is 10.8 Å². The van der Waals surface area contributed by atoms with E-state index in [2.05, 4.69) is 160 Å². The van der Waals surface area contributed by atoms with Crippen molar-refractivity contribution in [2.45, 2.75) is 31.6 Å². The standard InChI is InChI=1S/C43H32/c1-27-13-12-22-40-41(27)34-26-29(33-25-28-14-4-5-15-30(28)31-16-6-7-17-32(31)33)23-24-35(34)43(40)38-20-10-8-18-36(38)42(2,3)37-19-9-11-21-39(37)43/h4-26H,1-3H3. The van der Waals surface area contributed by atoms with Crippen molar-refractivity contribution in [3.05, 3.63) is 178 Å². The van der Waals surface area contributed by atoms with E-state index in [1.54, 1.807) is 0 Å². The van der Waals surface area contributed by atoms with Gasteiger partial charge in [-0.2, -0.15) is 0 Å². The van der Waals surface area contributed by atoms with Gasteiger partial charge in [0.2, 0.25) is 0 Å². The van der Waals surface area contributed by atoms with Gasteiger partial charge >= 0.3 is 0 Å². The Bertz CT molecular complexity index is 2230. The Kier molecular flexibility index (Phi) is 4.90. The predicted molar refractivity (Wildman–Crippen MR) is 181 cm³/mol. The van der Waals surface area contributed by atoms with E-state index in [4.69, 9.17) is 0 Å². The number of fused-ring (bicyclic) bond motifs is 12. The molecular weight excluding hydrogens is 516 g/mol. The maximum absolute atomic E-state index is 2.48. The molecule has 0 saturated heterocycles. The lowest BCUT2D eigenvalue weighted by Gasteiger charge is -2.46. The molecule has 0 N–H and O–H groups in total. The summed E-state index contributed by atoms with van der Waals surface area (Å²) in [6, 6.07) is 52.6. The van der Waals surface area contributed by atoms with Gasteiger partial charge in [-0.15, -0.1) is 0 Å². The minimum absolute atomic E-state index is 0.0882. The van der Waals surface area contributed by atoms with Gasteiger partial charge in [-0.3, -0.25) is 0 Å². The summed E-state index contributed by atoms with van der Waals surface area (Å²) in [6.45, 7) is 7.06. The molecule has 0 radical (unpaired) electrons. The summed E-state index contributed by atoms with van der Waals surface area (Å²) >= 11 is 0. The van der Waals surface area contributed by atoms with Gasteiger partial charge in [-0.05, 0) is 102 Å². The zero-order chi connectivity index (χ0) is 28.9. The summed E-state index contributed by atoms with van der Waals surface area (Å²) in [7, 11) is 0. The highest BCUT2D eigenvalue weighted by Gasteiger charge is 2.53. The van der Waals surface area contributed by atoms with E-state index >= 15 is 0 Å². The highest BCUT2D eigenvalue weighted by Crippen LogP contribution is 2.62. The molecule has 0 heteroatoms. The fourth-order valence-corrected chi connectivity index (χ4v) is 8.60. The molecule has 0 heterocycles. The first-order valence-corrected chi connectivity index (χ1v) is 15.4. The monoisotopic (exact) mass is 548 g/mol. The summed E-state index contributed by atoms with van der Waals surface area (Å²) in [5.41, 5.74) is 14.6. The number of hydrogen-bond acceptors (Lipinski definition) is 0. The van der Waals surface area contributed by atoms with Crippen LogP contribution in [-0.2, 0) is 10.8 Å². The first-order valence-electron chi connectivity index (χ1n) is 15.4. The van der Waals surface area contributed by atoms with Gasteiger partial charge in [0.1, 0.15) is 0 Å². The fourth-order valence-electron chi connectivity index (χ4n) is 8.60. The first-order chi connectivity index (χ1) is 21.0. The second kappa shape index (κ2) is 8.55.